The molecule has 0 spiro atoms. The smallest absolute Gasteiger partial charge is 0.332 e. The minimum absolute atomic E-state index is 1.00. The zero-order chi connectivity index (χ0) is 9.65. The van der Waals surface area contributed by atoms with Crippen LogP contribution in [0.4, 0.5) is 0 Å². The van der Waals surface area contributed by atoms with Gasteiger partial charge in [-0.1, -0.05) is 0 Å². The second kappa shape index (κ2) is 5.09. The summed E-state index contributed by atoms with van der Waals surface area (Å²) in [6.45, 7) is 1.20. The highest BCUT2D eigenvalue weighted by Gasteiger charge is 2.01. The number of aliphatic hydroxyl groups excluding tert-OH is 1. The molecule has 0 aliphatic heterocycles. The first-order valence-electron chi connectivity index (χ1n) is 3.34. The van der Waals surface area contributed by atoms with Crippen LogP contribution >= 0.6 is 0 Å². The first-order chi connectivity index (χ1) is 4.64. The maximum atomic E-state index is 9.45. The molecule has 0 rings (SSSR count). The Hall–Kier alpha value is -0.610. The van der Waals surface area contributed by atoms with Crippen LogP contribution in [-0.2, 0) is 4.79 Å². The van der Waals surface area contributed by atoms with E-state index in [-0.39, 0.29) is 0 Å². The Morgan fingerprint density at radius 2 is 1.36 bits per heavy atom. The molecule has 0 heterocycles. The van der Waals surface area contributed by atoms with E-state index in [1.165, 1.54) is 6.92 Å². The van der Waals surface area contributed by atoms with E-state index in [4.69, 9.17) is 10.2 Å². The van der Waals surface area contributed by atoms with Crippen LogP contribution in [0.2, 0.25) is 0 Å². The van der Waals surface area contributed by atoms with Crippen molar-refractivity contribution in [3.8, 4) is 0 Å². The molecule has 4 nitrogen and oxygen atoms in total. The number of nitrogens with zero attached hydrogens (tertiary/aromatic N) is 1. The summed E-state index contributed by atoms with van der Waals surface area (Å²) in [4.78, 5) is 9.45. The summed E-state index contributed by atoms with van der Waals surface area (Å²) in [5, 5.41) is 15.8. The zero-order valence-electron chi connectivity index (χ0n) is 7.83. The van der Waals surface area contributed by atoms with Gasteiger partial charge in [-0.25, -0.2) is 4.79 Å². The van der Waals surface area contributed by atoms with Gasteiger partial charge in [0.2, 0.25) is 0 Å². The summed E-state index contributed by atoms with van der Waals surface area (Å²) in [5.41, 5.74) is 0. The minimum Gasteiger partial charge on any atom is -0.479 e. The average Bonchev–Trinajstić information content (AvgIpc) is 1.59. The number of carboxylic acids is 1. The molecule has 68 valence electrons. The fourth-order valence-corrected chi connectivity index (χ4v) is 0. The van der Waals surface area contributed by atoms with E-state index in [2.05, 4.69) is 28.2 Å². The fraction of sp³-hybridized carbons (Fsp3) is 0.857. The molecule has 0 aliphatic carbocycles. The number of aliphatic hydroxyl groups is 1. The van der Waals surface area contributed by atoms with Crippen molar-refractivity contribution in [2.45, 2.75) is 13.0 Å². The monoisotopic (exact) mass is 164 g/mol. The molecule has 0 bridgehead atoms. The first kappa shape index (κ1) is 13.0. The van der Waals surface area contributed by atoms with Crippen LogP contribution in [0.15, 0.2) is 0 Å². The van der Waals surface area contributed by atoms with E-state index < -0.39 is 12.1 Å². The largest absolute Gasteiger partial charge is 0.479 e. The van der Waals surface area contributed by atoms with Crippen LogP contribution in [-0.4, -0.2) is 55.0 Å². The van der Waals surface area contributed by atoms with Gasteiger partial charge < -0.3 is 14.7 Å². The van der Waals surface area contributed by atoms with Gasteiger partial charge in [0.25, 0.3) is 0 Å². The summed E-state index contributed by atoms with van der Waals surface area (Å²) in [6.07, 6.45) is -1.23. The van der Waals surface area contributed by atoms with Crippen molar-refractivity contribution in [2.75, 3.05) is 28.2 Å². The number of aliphatic carboxylic acids is 1. The molecule has 1 atom stereocenters. The number of carbonyl (C=O) groups is 1. The van der Waals surface area contributed by atoms with Crippen LogP contribution in [0.1, 0.15) is 6.92 Å². The van der Waals surface area contributed by atoms with Crippen molar-refractivity contribution < 1.29 is 19.5 Å². The topological polar surface area (TPSA) is 57.5 Å². The Kier molecular flexibility index (Phi) is 6.03. The predicted octanol–water partition coefficient (Wildman–Crippen LogP) is -0.226. The molecule has 4 heteroatoms. The minimum atomic E-state index is -1.23. The molecule has 0 aromatic heterocycles. The molecule has 0 radical (unpaired) electrons. The standard InChI is InChI=1S/C4H12N.C3H6O3/c1-5(2,3)4;1-2(4)3(5)6/h1-4H3;2,4H,1H3,(H,5,6)/q+1;. The van der Waals surface area contributed by atoms with Gasteiger partial charge in [0.15, 0.2) is 0 Å². The lowest BCUT2D eigenvalue weighted by molar-refractivity contribution is -0.849. The Labute approximate surface area is 67.7 Å². The van der Waals surface area contributed by atoms with Crippen molar-refractivity contribution >= 4 is 5.97 Å². The summed E-state index contributed by atoms with van der Waals surface area (Å²) in [5.74, 6) is -1.19. The van der Waals surface area contributed by atoms with E-state index >= 15 is 0 Å². The lowest BCUT2D eigenvalue weighted by Crippen LogP contribution is -2.27. The van der Waals surface area contributed by atoms with E-state index in [1.54, 1.807) is 0 Å². The Bertz CT molecular complexity index is 109. The maximum absolute atomic E-state index is 9.45. The third-order valence-electron chi connectivity index (χ3n) is 0.357. The number of quaternary nitrogens is 1. The van der Waals surface area contributed by atoms with Crippen LogP contribution < -0.4 is 0 Å². The number of hydrogen-bond acceptors (Lipinski definition) is 2. The molecule has 0 fully saturated rings. The second-order valence-corrected chi connectivity index (χ2v) is 3.70. The summed E-state index contributed by atoms with van der Waals surface area (Å²) >= 11 is 0. The van der Waals surface area contributed by atoms with Gasteiger partial charge in [-0.3, -0.25) is 0 Å². The Morgan fingerprint density at radius 3 is 1.36 bits per heavy atom. The van der Waals surface area contributed by atoms with E-state index in [0.29, 0.717) is 0 Å². The SMILES string of the molecule is CC(O)C(=O)O.C[N+](C)(C)C. The van der Waals surface area contributed by atoms with E-state index in [0.717, 1.165) is 4.48 Å². The molecule has 0 saturated carbocycles. The predicted molar refractivity (Wildman–Crippen MR) is 43.3 cm³/mol. The lowest BCUT2D eigenvalue weighted by Gasteiger charge is -2.14. The lowest BCUT2D eigenvalue weighted by atomic mass is 10.4. The molecule has 0 saturated heterocycles. The number of hydrogen-bond donors (Lipinski definition) is 2. The molecule has 1 unspecified atom stereocenters. The van der Waals surface area contributed by atoms with E-state index in [1.807, 2.05) is 0 Å². The van der Waals surface area contributed by atoms with Gasteiger partial charge in [0, 0.05) is 0 Å². The number of rotatable bonds is 1. The van der Waals surface area contributed by atoms with Crippen molar-refractivity contribution in [2.24, 2.45) is 0 Å². The molecule has 0 amide bonds. The normalized spacial score (nSPS) is 12.9. The molecule has 0 aromatic carbocycles. The quantitative estimate of drug-likeness (QED) is 0.526. The molecule has 11 heavy (non-hydrogen) atoms. The second-order valence-electron chi connectivity index (χ2n) is 3.70. The van der Waals surface area contributed by atoms with Gasteiger partial charge >= 0.3 is 5.97 Å². The van der Waals surface area contributed by atoms with Crippen LogP contribution in [0.3, 0.4) is 0 Å². The van der Waals surface area contributed by atoms with Crippen molar-refractivity contribution in [1.29, 1.82) is 0 Å². The van der Waals surface area contributed by atoms with Gasteiger partial charge in [-0.05, 0) is 6.92 Å². The van der Waals surface area contributed by atoms with Gasteiger partial charge in [-0.2, -0.15) is 0 Å². The van der Waals surface area contributed by atoms with Crippen molar-refractivity contribution in [3.05, 3.63) is 0 Å². The molecular weight excluding hydrogens is 146 g/mol. The van der Waals surface area contributed by atoms with Crippen LogP contribution in [0.5, 0.6) is 0 Å². The highest BCUT2D eigenvalue weighted by atomic mass is 16.4. The summed E-state index contributed by atoms with van der Waals surface area (Å²) in [7, 11) is 8.50. The average molecular weight is 164 g/mol. The third kappa shape index (κ3) is 44.6. The van der Waals surface area contributed by atoms with Crippen LogP contribution in [0.25, 0.3) is 0 Å². The molecule has 2 N–H and O–H groups in total. The zero-order valence-corrected chi connectivity index (χ0v) is 7.83. The molecule has 0 aliphatic rings. The van der Waals surface area contributed by atoms with Crippen molar-refractivity contribution in [3.63, 3.8) is 0 Å². The highest BCUT2D eigenvalue weighted by Crippen LogP contribution is 1.74. The molecule has 0 aromatic rings. The van der Waals surface area contributed by atoms with Crippen LogP contribution in [0, 0.1) is 0 Å². The summed E-state index contributed by atoms with van der Waals surface area (Å²) < 4.78 is 1.00. The van der Waals surface area contributed by atoms with Gasteiger partial charge in [0.1, 0.15) is 6.10 Å². The first-order valence-corrected chi connectivity index (χ1v) is 3.34. The van der Waals surface area contributed by atoms with E-state index in [9.17, 15) is 4.79 Å². The van der Waals surface area contributed by atoms with Gasteiger partial charge in [0.05, 0.1) is 28.2 Å². The number of carboxylic acid groups (broad SMARTS) is 1. The fourth-order valence-electron chi connectivity index (χ4n) is 0. The Balaban J connectivity index is 0. The highest BCUT2D eigenvalue weighted by molar-refractivity contribution is 5.71. The van der Waals surface area contributed by atoms with Crippen molar-refractivity contribution in [1.82, 2.24) is 0 Å². The Morgan fingerprint density at radius 1 is 1.27 bits per heavy atom. The summed E-state index contributed by atoms with van der Waals surface area (Å²) in [6, 6.07) is 0. The molecular formula is C7H18NO3+. The maximum Gasteiger partial charge on any atom is 0.332 e. The van der Waals surface area contributed by atoms with Gasteiger partial charge in [-0.15, -0.1) is 0 Å². The third-order valence-corrected chi connectivity index (χ3v) is 0.357.